The zero-order valence-electron chi connectivity index (χ0n) is 11.2. The van der Waals surface area contributed by atoms with Gasteiger partial charge < -0.3 is 5.73 Å². The van der Waals surface area contributed by atoms with Gasteiger partial charge in [-0.3, -0.25) is 4.68 Å². The first-order chi connectivity index (χ1) is 8.88. The maximum atomic E-state index is 13.4. The molecule has 0 aliphatic heterocycles. The zero-order chi connectivity index (χ0) is 14.2. The summed E-state index contributed by atoms with van der Waals surface area (Å²) in [5.74, 6) is -0.254. The number of rotatable bonds is 3. The normalized spacial score (nSPS) is 12.7. The van der Waals surface area contributed by atoms with Gasteiger partial charge in [0, 0.05) is 28.8 Å². The standard InChI is InChI=1S/C14H17BrFN3/c1-8-14(9(2)19(3)18-8)13(17)6-10-4-11(15)7-12(16)5-10/h4-5,7,13H,6,17H2,1-3H3. The van der Waals surface area contributed by atoms with E-state index in [9.17, 15) is 4.39 Å². The van der Waals surface area contributed by atoms with Crippen molar-refractivity contribution in [2.45, 2.75) is 26.3 Å². The number of aromatic nitrogens is 2. The summed E-state index contributed by atoms with van der Waals surface area (Å²) in [6.45, 7) is 3.94. The van der Waals surface area contributed by atoms with Crippen molar-refractivity contribution >= 4 is 15.9 Å². The average Bonchev–Trinajstić information content (AvgIpc) is 2.51. The van der Waals surface area contributed by atoms with Crippen LogP contribution >= 0.6 is 15.9 Å². The van der Waals surface area contributed by atoms with E-state index in [0.29, 0.717) is 6.42 Å². The van der Waals surface area contributed by atoms with Crippen LogP contribution in [0, 0.1) is 19.7 Å². The molecule has 2 aromatic rings. The summed E-state index contributed by atoms with van der Waals surface area (Å²) >= 11 is 3.29. The van der Waals surface area contributed by atoms with E-state index in [4.69, 9.17) is 5.73 Å². The lowest BCUT2D eigenvalue weighted by Crippen LogP contribution is -2.15. The predicted molar refractivity (Wildman–Crippen MR) is 77.4 cm³/mol. The summed E-state index contributed by atoms with van der Waals surface area (Å²) in [6.07, 6.45) is 0.587. The molecule has 2 rings (SSSR count). The minimum absolute atomic E-state index is 0.178. The Morgan fingerprint density at radius 2 is 2.05 bits per heavy atom. The van der Waals surface area contributed by atoms with Gasteiger partial charge in [-0.15, -0.1) is 0 Å². The van der Waals surface area contributed by atoms with E-state index in [1.165, 1.54) is 12.1 Å². The molecule has 1 atom stereocenters. The predicted octanol–water partition coefficient (Wildman–Crippen LogP) is 3.18. The summed E-state index contributed by atoms with van der Waals surface area (Å²) < 4.78 is 15.9. The minimum Gasteiger partial charge on any atom is -0.324 e. The van der Waals surface area contributed by atoms with Gasteiger partial charge in [0.15, 0.2) is 0 Å². The monoisotopic (exact) mass is 325 g/mol. The van der Waals surface area contributed by atoms with Crippen molar-refractivity contribution in [3.63, 3.8) is 0 Å². The SMILES string of the molecule is Cc1nn(C)c(C)c1C(N)Cc1cc(F)cc(Br)c1. The van der Waals surface area contributed by atoms with Crippen LogP contribution in [0.25, 0.3) is 0 Å². The molecule has 0 bridgehead atoms. The maximum Gasteiger partial charge on any atom is 0.124 e. The van der Waals surface area contributed by atoms with Crippen LogP contribution in [-0.4, -0.2) is 9.78 Å². The fraction of sp³-hybridized carbons (Fsp3) is 0.357. The molecule has 0 saturated heterocycles. The van der Waals surface area contributed by atoms with Gasteiger partial charge in [-0.25, -0.2) is 4.39 Å². The lowest BCUT2D eigenvalue weighted by atomic mass is 9.98. The topological polar surface area (TPSA) is 43.8 Å². The van der Waals surface area contributed by atoms with Crippen LogP contribution in [0.3, 0.4) is 0 Å². The molecule has 102 valence electrons. The number of hydrogen-bond donors (Lipinski definition) is 1. The third-order valence-corrected chi connectivity index (χ3v) is 3.77. The highest BCUT2D eigenvalue weighted by molar-refractivity contribution is 9.10. The van der Waals surface area contributed by atoms with Gasteiger partial charge in [-0.05, 0) is 44.0 Å². The molecule has 0 saturated carbocycles. The third kappa shape index (κ3) is 3.04. The lowest BCUT2D eigenvalue weighted by Gasteiger charge is -2.13. The van der Waals surface area contributed by atoms with Crippen LogP contribution in [0.1, 0.15) is 28.6 Å². The van der Waals surface area contributed by atoms with Crippen molar-refractivity contribution in [1.29, 1.82) is 0 Å². The highest BCUT2D eigenvalue weighted by Crippen LogP contribution is 2.24. The Bertz CT molecular complexity index is 587. The summed E-state index contributed by atoms with van der Waals surface area (Å²) in [7, 11) is 1.90. The van der Waals surface area contributed by atoms with Gasteiger partial charge in [-0.1, -0.05) is 15.9 Å². The molecule has 1 heterocycles. The molecule has 0 aliphatic carbocycles. The van der Waals surface area contributed by atoms with Gasteiger partial charge >= 0.3 is 0 Å². The molecule has 5 heteroatoms. The quantitative estimate of drug-likeness (QED) is 0.941. The smallest absolute Gasteiger partial charge is 0.124 e. The largest absolute Gasteiger partial charge is 0.324 e. The molecule has 1 aromatic heterocycles. The van der Waals surface area contributed by atoms with Crippen molar-refractivity contribution in [2.24, 2.45) is 12.8 Å². The van der Waals surface area contributed by atoms with E-state index in [2.05, 4.69) is 21.0 Å². The Balaban J connectivity index is 2.27. The molecule has 0 fully saturated rings. The zero-order valence-corrected chi connectivity index (χ0v) is 12.8. The van der Waals surface area contributed by atoms with Crippen LogP contribution in [0.15, 0.2) is 22.7 Å². The van der Waals surface area contributed by atoms with Crippen molar-refractivity contribution in [2.75, 3.05) is 0 Å². The third-order valence-electron chi connectivity index (χ3n) is 3.31. The Hall–Kier alpha value is -1.20. The Morgan fingerprint density at radius 3 is 2.58 bits per heavy atom. The van der Waals surface area contributed by atoms with E-state index < -0.39 is 0 Å². The highest BCUT2D eigenvalue weighted by Gasteiger charge is 2.17. The molecular formula is C14H17BrFN3. The van der Waals surface area contributed by atoms with Gasteiger partial charge in [-0.2, -0.15) is 5.10 Å². The second-order valence-corrected chi connectivity index (χ2v) is 5.71. The first kappa shape index (κ1) is 14.2. The van der Waals surface area contributed by atoms with Gasteiger partial charge in [0.05, 0.1) is 5.69 Å². The van der Waals surface area contributed by atoms with Crippen LogP contribution < -0.4 is 5.73 Å². The van der Waals surface area contributed by atoms with E-state index >= 15 is 0 Å². The average molecular weight is 326 g/mol. The number of nitrogens with two attached hydrogens (primary N) is 1. The Kier molecular flexibility index (Phi) is 4.06. The Labute approximate surface area is 120 Å². The van der Waals surface area contributed by atoms with E-state index in [1.54, 1.807) is 0 Å². The molecule has 19 heavy (non-hydrogen) atoms. The molecular weight excluding hydrogens is 309 g/mol. The number of halogens is 2. The maximum absolute atomic E-state index is 13.4. The van der Waals surface area contributed by atoms with Gasteiger partial charge in [0.25, 0.3) is 0 Å². The number of hydrogen-bond acceptors (Lipinski definition) is 2. The van der Waals surface area contributed by atoms with Crippen molar-refractivity contribution in [1.82, 2.24) is 9.78 Å². The highest BCUT2D eigenvalue weighted by atomic mass is 79.9. The molecule has 2 N–H and O–H groups in total. The van der Waals surface area contributed by atoms with Crippen LogP contribution in [0.4, 0.5) is 4.39 Å². The molecule has 1 aromatic carbocycles. The summed E-state index contributed by atoms with van der Waals surface area (Å²) in [5.41, 5.74) is 10.2. The van der Waals surface area contributed by atoms with Gasteiger partial charge in [0.1, 0.15) is 5.82 Å². The summed E-state index contributed by atoms with van der Waals surface area (Å²) in [6, 6.07) is 4.67. The summed E-state index contributed by atoms with van der Waals surface area (Å²) in [5, 5.41) is 4.36. The number of benzene rings is 1. The van der Waals surface area contributed by atoms with E-state index in [1.807, 2.05) is 31.6 Å². The molecule has 1 unspecified atom stereocenters. The fourth-order valence-corrected chi connectivity index (χ4v) is 2.92. The van der Waals surface area contributed by atoms with Crippen molar-refractivity contribution < 1.29 is 4.39 Å². The Morgan fingerprint density at radius 1 is 1.37 bits per heavy atom. The second kappa shape index (κ2) is 5.43. The molecule has 0 spiro atoms. The van der Waals surface area contributed by atoms with Crippen LogP contribution in [-0.2, 0) is 13.5 Å². The van der Waals surface area contributed by atoms with E-state index in [0.717, 1.165) is 27.0 Å². The van der Waals surface area contributed by atoms with Crippen LogP contribution in [0.5, 0.6) is 0 Å². The van der Waals surface area contributed by atoms with E-state index in [-0.39, 0.29) is 11.9 Å². The first-order valence-corrected chi connectivity index (χ1v) is 6.88. The molecule has 0 amide bonds. The van der Waals surface area contributed by atoms with Crippen molar-refractivity contribution in [3.05, 3.63) is 51.0 Å². The number of nitrogens with zero attached hydrogens (tertiary/aromatic N) is 2. The molecule has 0 radical (unpaired) electrons. The summed E-state index contributed by atoms with van der Waals surface area (Å²) in [4.78, 5) is 0. The molecule has 3 nitrogen and oxygen atoms in total. The van der Waals surface area contributed by atoms with Gasteiger partial charge in [0.2, 0.25) is 0 Å². The molecule has 0 aliphatic rings. The number of aryl methyl sites for hydroxylation is 2. The first-order valence-electron chi connectivity index (χ1n) is 6.09. The minimum atomic E-state index is -0.254. The van der Waals surface area contributed by atoms with Crippen LogP contribution in [0.2, 0.25) is 0 Å². The fourth-order valence-electron chi connectivity index (χ4n) is 2.41. The second-order valence-electron chi connectivity index (χ2n) is 4.80. The van der Waals surface area contributed by atoms with Crippen molar-refractivity contribution in [3.8, 4) is 0 Å². The lowest BCUT2D eigenvalue weighted by molar-refractivity contribution is 0.620.